The molecule has 4 nitrogen and oxygen atoms in total. The minimum atomic E-state index is -1.06. The average Bonchev–Trinajstić information content (AvgIpc) is 3.20. The van der Waals surface area contributed by atoms with Gasteiger partial charge in [-0.25, -0.2) is 0 Å². The highest BCUT2D eigenvalue weighted by atomic mass is 16.4. The van der Waals surface area contributed by atoms with E-state index in [-0.39, 0.29) is 11.9 Å². The maximum atomic E-state index is 11.9. The zero-order chi connectivity index (χ0) is 13.8. The molecule has 1 aromatic carbocycles. The van der Waals surface area contributed by atoms with Gasteiger partial charge in [-0.15, -0.1) is 0 Å². The number of carboxylic acids is 1. The molecule has 1 fully saturated rings. The molecule has 0 spiro atoms. The standard InChI is InChI=1S/C15H19NO3/c1-2-11-3-5-12(6-4-11)10-16(13-7-8-13)14(17)9-15(18)19/h3-6,13H,2,7-10H2,1H3,(H,18,19). The summed E-state index contributed by atoms with van der Waals surface area (Å²) in [5.41, 5.74) is 2.32. The number of carbonyl (C=O) groups excluding carboxylic acids is 1. The van der Waals surface area contributed by atoms with Crippen molar-refractivity contribution < 1.29 is 14.7 Å². The maximum absolute atomic E-state index is 11.9. The van der Waals surface area contributed by atoms with Crippen LogP contribution in [0.1, 0.15) is 37.3 Å². The first-order valence-electron chi connectivity index (χ1n) is 6.69. The summed E-state index contributed by atoms with van der Waals surface area (Å²) < 4.78 is 0. The van der Waals surface area contributed by atoms with Crippen LogP contribution < -0.4 is 0 Å². The molecule has 1 N–H and O–H groups in total. The molecule has 1 aromatic rings. The van der Waals surface area contributed by atoms with Crippen LogP contribution in [0, 0.1) is 0 Å². The molecule has 2 rings (SSSR count). The van der Waals surface area contributed by atoms with Crippen LogP contribution in [0.3, 0.4) is 0 Å². The van der Waals surface area contributed by atoms with Crippen LogP contribution >= 0.6 is 0 Å². The molecular weight excluding hydrogens is 242 g/mol. The fourth-order valence-electron chi connectivity index (χ4n) is 2.12. The predicted octanol–water partition coefficient (Wildman–Crippen LogP) is 2.21. The molecule has 0 atom stereocenters. The van der Waals surface area contributed by atoms with Crippen molar-refractivity contribution in [3.63, 3.8) is 0 Å². The highest BCUT2D eigenvalue weighted by molar-refractivity contribution is 5.93. The van der Waals surface area contributed by atoms with Crippen molar-refractivity contribution in [1.29, 1.82) is 0 Å². The van der Waals surface area contributed by atoms with Gasteiger partial charge >= 0.3 is 5.97 Å². The number of hydrogen-bond acceptors (Lipinski definition) is 2. The van der Waals surface area contributed by atoms with Crippen molar-refractivity contribution in [3.05, 3.63) is 35.4 Å². The molecule has 102 valence electrons. The van der Waals surface area contributed by atoms with Crippen molar-refractivity contribution in [1.82, 2.24) is 4.90 Å². The fourth-order valence-corrected chi connectivity index (χ4v) is 2.12. The van der Waals surface area contributed by atoms with E-state index in [4.69, 9.17) is 5.11 Å². The Hall–Kier alpha value is -1.84. The summed E-state index contributed by atoms with van der Waals surface area (Å²) in [6.45, 7) is 2.61. The summed E-state index contributed by atoms with van der Waals surface area (Å²) in [5, 5.41) is 8.72. The average molecular weight is 261 g/mol. The Morgan fingerprint density at radius 2 is 1.79 bits per heavy atom. The van der Waals surface area contributed by atoms with Crippen molar-refractivity contribution in [2.45, 2.75) is 45.2 Å². The number of aryl methyl sites for hydroxylation is 1. The first-order valence-corrected chi connectivity index (χ1v) is 6.69. The lowest BCUT2D eigenvalue weighted by Gasteiger charge is -2.22. The lowest BCUT2D eigenvalue weighted by Crippen LogP contribution is -2.33. The minimum absolute atomic E-state index is 0.234. The first kappa shape index (κ1) is 13.6. The molecule has 1 amide bonds. The number of rotatable bonds is 6. The fraction of sp³-hybridized carbons (Fsp3) is 0.467. The van der Waals surface area contributed by atoms with Crippen molar-refractivity contribution in [2.24, 2.45) is 0 Å². The third kappa shape index (κ3) is 3.81. The van der Waals surface area contributed by atoms with Crippen molar-refractivity contribution >= 4 is 11.9 Å². The summed E-state index contributed by atoms with van der Waals surface area (Å²) in [6, 6.07) is 8.38. The second kappa shape index (κ2) is 5.87. The Balaban J connectivity index is 2.03. The zero-order valence-electron chi connectivity index (χ0n) is 11.1. The summed E-state index contributed by atoms with van der Waals surface area (Å²) in [5.74, 6) is -1.34. The van der Waals surface area contributed by atoms with Gasteiger partial charge in [0.05, 0.1) is 0 Å². The molecule has 1 aliphatic rings. The Morgan fingerprint density at radius 3 is 2.26 bits per heavy atom. The molecule has 4 heteroatoms. The molecule has 0 aliphatic heterocycles. The molecule has 0 aromatic heterocycles. The lowest BCUT2D eigenvalue weighted by molar-refractivity contribution is -0.144. The number of amides is 1. The molecule has 0 radical (unpaired) electrons. The van der Waals surface area contributed by atoms with E-state index in [0.29, 0.717) is 6.54 Å². The molecule has 0 unspecified atom stereocenters. The minimum Gasteiger partial charge on any atom is -0.481 e. The largest absolute Gasteiger partial charge is 0.481 e. The van der Waals surface area contributed by atoms with Gasteiger partial charge in [-0.3, -0.25) is 9.59 Å². The van der Waals surface area contributed by atoms with Gasteiger partial charge in [0, 0.05) is 12.6 Å². The summed E-state index contributed by atoms with van der Waals surface area (Å²) in [4.78, 5) is 24.3. The second-order valence-electron chi connectivity index (χ2n) is 4.99. The smallest absolute Gasteiger partial charge is 0.312 e. The van der Waals surface area contributed by atoms with Crippen molar-refractivity contribution in [2.75, 3.05) is 0 Å². The highest BCUT2D eigenvalue weighted by Gasteiger charge is 2.33. The van der Waals surface area contributed by atoms with Gasteiger partial charge in [0.2, 0.25) is 5.91 Å². The van der Waals surface area contributed by atoms with E-state index in [1.54, 1.807) is 4.90 Å². The van der Waals surface area contributed by atoms with E-state index >= 15 is 0 Å². The van der Waals surface area contributed by atoms with Gasteiger partial charge in [-0.2, -0.15) is 0 Å². The molecule has 1 saturated carbocycles. The quantitative estimate of drug-likeness (QED) is 0.799. The lowest BCUT2D eigenvalue weighted by atomic mass is 10.1. The number of carbonyl (C=O) groups is 2. The third-order valence-electron chi connectivity index (χ3n) is 3.39. The summed E-state index contributed by atoms with van der Waals surface area (Å²) in [6.07, 6.45) is 2.55. The first-order chi connectivity index (χ1) is 9.10. The van der Waals surface area contributed by atoms with E-state index in [1.165, 1.54) is 5.56 Å². The topological polar surface area (TPSA) is 57.6 Å². The Labute approximate surface area is 113 Å². The zero-order valence-corrected chi connectivity index (χ0v) is 11.1. The van der Waals surface area contributed by atoms with Crippen LogP contribution in [-0.4, -0.2) is 27.9 Å². The van der Waals surface area contributed by atoms with E-state index in [1.807, 2.05) is 12.1 Å². The molecule has 19 heavy (non-hydrogen) atoms. The molecule has 0 heterocycles. The van der Waals surface area contributed by atoms with Crippen LogP contribution in [0.2, 0.25) is 0 Å². The highest BCUT2D eigenvalue weighted by Crippen LogP contribution is 2.29. The predicted molar refractivity (Wildman–Crippen MR) is 71.6 cm³/mol. The van der Waals surface area contributed by atoms with Gasteiger partial charge < -0.3 is 10.0 Å². The number of aliphatic carboxylic acids is 1. The SMILES string of the molecule is CCc1ccc(CN(C(=O)CC(=O)O)C2CC2)cc1. The molecular formula is C15H19NO3. The third-order valence-corrected chi connectivity index (χ3v) is 3.39. The van der Waals surface area contributed by atoms with E-state index in [0.717, 1.165) is 24.8 Å². The van der Waals surface area contributed by atoms with E-state index in [9.17, 15) is 9.59 Å². The molecule has 1 aliphatic carbocycles. The van der Waals surface area contributed by atoms with E-state index in [2.05, 4.69) is 19.1 Å². The molecule has 0 bridgehead atoms. The maximum Gasteiger partial charge on any atom is 0.312 e. The van der Waals surface area contributed by atoms with Gasteiger partial charge in [0.15, 0.2) is 0 Å². The van der Waals surface area contributed by atoms with Crippen LogP contribution in [0.4, 0.5) is 0 Å². The van der Waals surface area contributed by atoms with Crippen molar-refractivity contribution in [3.8, 4) is 0 Å². The summed E-state index contributed by atoms with van der Waals surface area (Å²) >= 11 is 0. The van der Waals surface area contributed by atoms with Crippen LogP contribution in [0.15, 0.2) is 24.3 Å². The van der Waals surface area contributed by atoms with Gasteiger partial charge in [-0.05, 0) is 30.4 Å². The van der Waals surface area contributed by atoms with Gasteiger partial charge in [0.25, 0.3) is 0 Å². The monoisotopic (exact) mass is 261 g/mol. The summed E-state index contributed by atoms with van der Waals surface area (Å²) in [7, 11) is 0. The van der Waals surface area contributed by atoms with Crippen LogP contribution in [-0.2, 0) is 22.6 Å². The van der Waals surface area contributed by atoms with Crippen LogP contribution in [0.5, 0.6) is 0 Å². The Morgan fingerprint density at radius 1 is 1.21 bits per heavy atom. The van der Waals surface area contributed by atoms with Gasteiger partial charge in [0.1, 0.15) is 6.42 Å². The number of benzene rings is 1. The van der Waals surface area contributed by atoms with Crippen LogP contribution in [0.25, 0.3) is 0 Å². The Kier molecular flexibility index (Phi) is 4.20. The normalized spacial score (nSPS) is 14.2. The molecule has 0 saturated heterocycles. The number of nitrogens with zero attached hydrogens (tertiary/aromatic N) is 1. The second-order valence-corrected chi connectivity index (χ2v) is 4.99. The van der Waals surface area contributed by atoms with E-state index < -0.39 is 12.4 Å². The number of carboxylic acid groups (broad SMARTS) is 1. The number of hydrogen-bond donors (Lipinski definition) is 1. The Bertz CT molecular complexity index is 463. The van der Waals surface area contributed by atoms with Gasteiger partial charge in [-0.1, -0.05) is 31.2 Å².